The van der Waals surface area contributed by atoms with Crippen LogP contribution in [0.2, 0.25) is 0 Å². The molecule has 1 atom stereocenters. The summed E-state index contributed by atoms with van der Waals surface area (Å²) in [7, 11) is 0. The van der Waals surface area contributed by atoms with Crippen LogP contribution >= 0.6 is 0 Å². The number of carbonyl (C=O) groups is 1. The van der Waals surface area contributed by atoms with Gasteiger partial charge in [0.15, 0.2) is 0 Å². The molecule has 2 heterocycles. The molecular formula is C7H7N5O2. The molecule has 7 nitrogen and oxygen atoms in total. The van der Waals surface area contributed by atoms with Gasteiger partial charge in [0.25, 0.3) is 5.72 Å². The van der Waals surface area contributed by atoms with E-state index in [0.717, 1.165) is 0 Å². The lowest BCUT2D eigenvalue weighted by atomic mass is 10.2. The van der Waals surface area contributed by atoms with Crippen LogP contribution < -0.4 is 0 Å². The molecule has 2 rings (SSSR count). The molecule has 7 heteroatoms. The highest BCUT2D eigenvalue weighted by molar-refractivity contribution is 5.76. The van der Waals surface area contributed by atoms with Gasteiger partial charge < -0.3 is 4.74 Å². The lowest BCUT2D eigenvalue weighted by Crippen LogP contribution is -2.27. The van der Waals surface area contributed by atoms with Crippen molar-refractivity contribution >= 4 is 12.2 Å². The van der Waals surface area contributed by atoms with Gasteiger partial charge in [0.05, 0.1) is 0 Å². The van der Waals surface area contributed by atoms with E-state index in [1.807, 2.05) is 0 Å². The topological polar surface area (TPSA) is 93.1 Å². The lowest BCUT2D eigenvalue weighted by molar-refractivity contribution is -0.153. The average Bonchev–Trinajstić information content (AvgIpc) is 2.69. The molecule has 1 aromatic rings. The van der Waals surface area contributed by atoms with Crippen LogP contribution in [0.4, 0.5) is 0 Å². The van der Waals surface area contributed by atoms with E-state index in [2.05, 4.69) is 25.6 Å². The molecule has 0 aliphatic carbocycles. The Hall–Kier alpha value is -2.05. The summed E-state index contributed by atoms with van der Waals surface area (Å²) < 4.78 is 5.05. The van der Waals surface area contributed by atoms with E-state index in [0.29, 0.717) is 0 Å². The summed E-state index contributed by atoms with van der Waals surface area (Å²) in [5.74, 6) is -0.178. The third kappa shape index (κ3) is 1.28. The Kier molecular flexibility index (Phi) is 1.84. The minimum atomic E-state index is -1.21. The lowest BCUT2D eigenvalue weighted by Gasteiger charge is -2.19. The van der Waals surface area contributed by atoms with Crippen LogP contribution in [0.5, 0.6) is 0 Å². The van der Waals surface area contributed by atoms with E-state index >= 15 is 0 Å². The van der Waals surface area contributed by atoms with Crippen LogP contribution in [0, 0.1) is 0 Å². The maximum Gasteiger partial charge on any atom is 0.305 e. The molecule has 1 aliphatic rings. The van der Waals surface area contributed by atoms with Crippen molar-refractivity contribution in [2.24, 2.45) is 4.99 Å². The van der Waals surface area contributed by atoms with Crippen LogP contribution in [0.15, 0.2) is 17.1 Å². The van der Waals surface area contributed by atoms with Gasteiger partial charge in [-0.25, -0.2) is 10.1 Å². The Bertz CT molecular complexity index is 382. The van der Waals surface area contributed by atoms with E-state index in [-0.39, 0.29) is 5.82 Å². The molecule has 0 aromatic carbocycles. The highest BCUT2D eigenvalue weighted by atomic mass is 16.6. The smallest absolute Gasteiger partial charge is 0.305 e. The molecule has 14 heavy (non-hydrogen) atoms. The first kappa shape index (κ1) is 8.54. The first-order valence-electron chi connectivity index (χ1n) is 3.90. The van der Waals surface area contributed by atoms with Gasteiger partial charge in [-0.05, 0) is 22.6 Å². The predicted molar refractivity (Wildman–Crippen MR) is 45.3 cm³/mol. The number of aromatic amines is 1. The standard InChI is InChI=1S/C7H7N5O2/c1-5(13)14-7(3-2-4-8-7)6-9-11-12-10-6/h2-4H,1H3,(H,9,10,11,12). The number of aliphatic imine (C=N–C) groups is 1. The van der Waals surface area contributed by atoms with Crippen molar-refractivity contribution in [3.63, 3.8) is 0 Å². The Balaban J connectivity index is 2.37. The summed E-state index contributed by atoms with van der Waals surface area (Å²) in [6.07, 6.45) is 4.77. The summed E-state index contributed by atoms with van der Waals surface area (Å²) in [4.78, 5) is 14.9. The third-order valence-corrected chi connectivity index (χ3v) is 1.66. The van der Waals surface area contributed by atoms with Gasteiger partial charge in [-0.15, -0.1) is 5.10 Å². The number of aromatic nitrogens is 4. The maximum atomic E-state index is 10.9. The summed E-state index contributed by atoms with van der Waals surface area (Å²) >= 11 is 0. The van der Waals surface area contributed by atoms with E-state index in [9.17, 15) is 4.79 Å². The number of tetrazole rings is 1. The van der Waals surface area contributed by atoms with Gasteiger partial charge >= 0.3 is 5.97 Å². The van der Waals surface area contributed by atoms with Crippen LogP contribution in [-0.4, -0.2) is 32.8 Å². The predicted octanol–water partition coefficient (Wildman–Crippen LogP) is -0.444. The third-order valence-electron chi connectivity index (χ3n) is 1.66. The number of hydrogen-bond acceptors (Lipinski definition) is 6. The fourth-order valence-electron chi connectivity index (χ4n) is 1.15. The van der Waals surface area contributed by atoms with E-state index < -0.39 is 11.7 Å². The van der Waals surface area contributed by atoms with Crippen molar-refractivity contribution in [1.82, 2.24) is 20.6 Å². The molecule has 0 spiro atoms. The summed E-state index contributed by atoms with van der Waals surface area (Å²) in [5.41, 5.74) is -1.21. The molecule has 1 aromatic heterocycles. The largest absolute Gasteiger partial charge is 0.425 e. The fraction of sp³-hybridized carbons (Fsp3) is 0.286. The highest BCUT2D eigenvalue weighted by Crippen LogP contribution is 2.28. The minimum absolute atomic E-state index is 0.276. The molecular weight excluding hydrogens is 186 g/mol. The molecule has 0 saturated heterocycles. The van der Waals surface area contributed by atoms with E-state index in [1.54, 1.807) is 12.2 Å². The molecule has 1 unspecified atom stereocenters. The molecule has 1 N–H and O–H groups in total. The SMILES string of the molecule is CC(=O)OC1(c2nnn[nH]2)C=CC=N1. The second-order valence-electron chi connectivity index (χ2n) is 2.68. The normalized spacial score (nSPS) is 24.1. The van der Waals surface area contributed by atoms with Gasteiger partial charge in [-0.1, -0.05) is 0 Å². The molecule has 0 fully saturated rings. The van der Waals surface area contributed by atoms with Gasteiger partial charge in [0.2, 0.25) is 5.82 Å². The number of hydrogen-bond donors (Lipinski definition) is 1. The Morgan fingerprint density at radius 1 is 1.64 bits per heavy atom. The number of allylic oxidation sites excluding steroid dienone is 1. The number of nitrogens with zero attached hydrogens (tertiary/aromatic N) is 4. The Labute approximate surface area is 78.9 Å². The number of rotatable bonds is 2. The van der Waals surface area contributed by atoms with Crippen molar-refractivity contribution < 1.29 is 9.53 Å². The first-order chi connectivity index (χ1) is 6.73. The van der Waals surface area contributed by atoms with Gasteiger partial charge in [0, 0.05) is 13.1 Å². The van der Waals surface area contributed by atoms with Crippen molar-refractivity contribution in [2.75, 3.05) is 0 Å². The number of carbonyl (C=O) groups excluding carboxylic acids is 1. The summed E-state index contributed by atoms with van der Waals surface area (Å²) in [6.45, 7) is 1.30. The average molecular weight is 193 g/mol. The highest BCUT2D eigenvalue weighted by Gasteiger charge is 2.37. The fourth-order valence-corrected chi connectivity index (χ4v) is 1.15. The van der Waals surface area contributed by atoms with Crippen molar-refractivity contribution in [3.8, 4) is 0 Å². The van der Waals surface area contributed by atoms with Gasteiger partial charge in [-0.3, -0.25) is 4.79 Å². The minimum Gasteiger partial charge on any atom is -0.425 e. The number of H-pyrrole nitrogens is 1. The van der Waals surface area contributed by atoms with Crippen molar-refractivity contribution in [3.05, 3.63) is 18.0 Å². The van der Waals surface area contributed by atoms with Crippen LogP contribution in [-0.2, 0) is 15.3 Å². The molecule has 72 valence electrons. The van der Waals surface area contributed by atoms with Gasteiger partial charge in [0.1, 0.15) is 0 Å². The summed E-state index contributed by atoms with van der Waals surface area (Å²) in [5, 5.41) is 13.0. The second kappa shape index (κ2) is 3.02. The molecule has 0 saturated carbocycles. The monoisotopic (exact) mass is 193 g/mol. The molecule has 0 amide bonds. The number of ether oxygens (including phenoxy) is 1. The zero-order valence-corrected chi connectivity index (χ0v) is 7.34. The van der Waals surface area contributed by atoms with Crippen LogP contribution in [0.3, 0.4) is 0 Å². The quantitative estimate of drug-likeness (QED) is 0.642. The van der Waals surface area contributed by atoms with Crippen molar-refractivity contribution in [1.29, 1.82) is 0 Å². The zero-order chi connectivity index (χ0) is 10.0. The molecule has 1 aliphatic heterocycles. The van der Waals surface area contributed by atoms with Crippen molar-refractivity contribution in [2.45, 2.75) is 12.6 Å². The van der Waals surface area contributed by atoms with E-state index in [1.165, 1.54) is 13.1 Å². The van der Waals surface area contributed by atoms with E-state index in [4.69, 9.17) is 4.74 Å². The zero-order valence-electron chi connectivity index (χ0n) is 7.34. The van der Waals surface area contributed by atoms with Crippen LogP contribution in [0.25, 0.3) is 0 Å². The molecule has 0 bridgehead atoms. The van der Waals surface area contributed by atoms with Gasteiger partial charge in [-0.2, -0.15) is 0 Å². The number of esters is 1. The maximum absolute atomic E-state index is 10.9. The second-order valence-corrected chi connectivity index (χ2v) is 2.68. The van der Waals surface area contributed by atoms with Crippen LogP contribution in [0.1, 0.15) is 12.7 Å². The molecule has 0 radical (unpaired) electrons. The number of nitrogens with one attached hydrogen (secondary N) is 1. The first-order valence-corrected chi connectivity index (χ1v) is 3.90. The summed E-state index contributed by atoms with van der Waals surface area (Å²) in [6, 6.07) is 0. The Morgan fingerprint density at radius 3 is 3.00 bits per heavy atom. The Morgan fingerprint density at radius 2 is 2.50 bits per heavy atom.